The highest BCUT2D eigenvalue weighted by Gasteiger charge is 2.51. The van der Waals surface area contributed by atoms with Gasteiger partial charge in [-0.25, -0.2) is 0 Å². The normalized spacial score (nSPS) is 39.0. The molecule has 0 aromatic carbocycles. The summed E-state index contributed by atoms with van der Waals surface area (Å²) in [4.78, 5) is 11.6. The molecule has 0 radical (unpaired) electrons. The molecule has 20 heavy (non-hydrogen) atoms. The Labute approximate surface area is 119 Å². The lowest BCUT2D eigenvalue weighted by Crippen LogP contribution is -2.57. The summed E-state index contributed by atoms with van der Waals surface area (Å²) in [5, 5.41) is 11.1. The Kier molecular flexibility index (Phi) is 3.91. The maximum atomic E-state index is 13.4. The summed E-state index contributed by atoms with van der Waals surface area (Å²) >= 11 is -0.567. The molecular weight excluding hydrogens is 292 g/mol. The van der Waals surface area contributed by atoms with Gasteiger partial charge in [-0.2, -0.15) is 13.1 Å². The molecule has 4 aliphatic rings. The SMILES string of the molecule is O=C(NC1C2CC3CC(C2)CC1C3)C(F)(F)SOO[O-]. The molecule has 4 aliphatic carbocycles. The van der Waals surface area contributed by atoms with Crippen LogP contribution in [0.4, 0.5) is 8.78 Å². The third kappa shape index (κ3) is 2.66. The topological polar surface area (TPSA) is 70.6 Å². The second kappa shape index (κ2) is 5.40. The molecule has 114 valence electrons. The van der Waals surface area contributed by atoms with Crippen molar-refractivity contribution in [2.24, 2.45) is 23.7 Å². The fraction of sp³-hybridized carbons (Fsp3) is 0.917. The van der Waals surface area contributed by atoms with Gasteiger partial charge in [-0.3, -0.25) is 9.83 Å². The molecule has 4 rings (SSSR count). The van der Waals surface area contributed by atoms with Crippen molar-refractivity contribution < 1.29 is 28.2 Å². The number of amides is 1. The van der Waals surface area contributed by atoms with Crippen molar-refractivity contribution in [1.29, 1.82) is 0 Å². The number of rotatable bonds is 5. The average molecular weight is 308 g/mol. The Morgan fingerprint density at radius 1 is 1.15 bits per heavy atom. The van der Waals surface area contributed by atoms with E-state index in [-0.39, 0.29) is 6.04 Å². The lowest BCUT2D eigenvalue weighted by Gasteiger charge is -2.54. The molecule has 1 N–H and O–H groups in total. The lowest BCUT2D eigenvalue weighted by molar-refractivity contribution is -0.777. The minimum Gasteiger partial charge on any atom is -0.691 e. The van der Waals surface area contributed by atoms with Crippen LogP contribution in [0.15, 0.2) is 0 Å². The molecule has 0 aromatic heterocycles. The van der Waals surface area contributed by atoms with Crippen LogP contribution in [0.3, 0.4) is 0 Å². The molecule has 0 unspecified atom stereocenters. The van der Waals surface area contributed by atoms with E-state index in [1.165, 1.54) is 6.42 Å². The van der Waals surface area contributed by atoms with Crippen molar-refractivity contribution in [2.75, 3.05) is 0 Å². The van der Waals surface area contributed by atoms with E-state index in [4.69, 9.17) is 0 Å². The predicted molar refractivity (Wildman–Crippen MR) is 63.7 cm³/mol. The number of nitrogens with one attached hydrogen (secondary N) is 1. The summed E-state index contributed by atoms with van der Waals surface area (Å²) in [5.74, 6) is 0.632. The largest absolute Gasteiger partial charge is 0.691 e. The smallest absolute Gasteiger partial charge is 0.397 e. The third-order valence-electron chi connectivity index (χ3n) is 4.96. The Morgan fingerprint density at radius 2 is 1.70 bits per heavy atom. The molecule has 4 fully saturated rings. The van der Waals surface area contributed by atoms with Gasteiger partial charge in [-0.1, -0.05) is 0 Å². The molecule has 4 bridgehead atoms. The standard InChI is InChI=1S/C12H17F2NO4S/c13-12(14,20-19-18-17)11(16)15-10-8-2-6-1-7(4-8)5-9(10)3-6/h6-10,17H,1-5H2,(H,15,16)/p-1. The van der Waals surface area contributed by atoms with Crippen molar-refractivity contribution >= 4 is 17.9 Å². The van der Waals surface area contributed by atoms with E-state index in [1.807, 2.05) is 0 Å². The quantitative estimate of drug-likeness (QED) is 0.472. The van der Waals surface area contributed by atoms with Gasteiger partial charge >= 0.3 is 11.2 Å². The summed E-state index contributed by atoms with van der Waals surface area (Å²) in [6.45, 7) is 0. The zero-order valence-corrected chi connectivity index (χ0v) is 11.5. The Balaban J connectivity index is 1.61. The highest BCUT2D eigenvalue weighted by atomic mass is 32.2. The summed E-state index contributed by atoms with van der Waals surface area (Å²) in [5.41, 5.74) is 0. The van der Waals surface area contributed by atoms with Crippen molar-refractivity contribution in [3.8, 4) is 0 Å². The predicted octanol–water partition coefficient (Wildman–Crippen LogP) is 1.39. The van der Waals surface area contributed by atoms with Crippen LogP contribution in [-0.2, 0) is 14.2 Å². The Bertz CT molecular complexity index is 368. The first-order valence-electron chi connectivity index (χ1n) is 6.82. The van der Waals surface area contributed by atoms with E-state index in [9.17, 15) is 18.8 Å². The van der Waals surface area contributed by atoms with E-state index in [0.717, 1.165) is 25.7 Å². The number of halogens is 2. The summed E-state index contributed by atoms with van der Waals surface area (Å²) in [6, 6.07) is -0.171. The lowest BCUT2D eigenvalue weighted by atomic mass is 9.54. The first-order chi connectivity index (χ1) is 9.49. The molecule has 0 spiro atoms. The average Bonchev–Trinajstić information content (AvgIpc) is 2.39. The van der Waals surface area contributed by atoms with Crippen LogP contribution in [0, 0.1) is 23.7 Å². The van der Waals surface area contributed by atoms with E-state index in [2.05, 4.69) is 14.7 Å². The van der Waals surface area contributed by atoms with Crippen molar-refractivity contribution in [3.63, 3.8) is 0 Å². The second-order valence-electron chi connectivity index (χ2n) is 6.17. The molecule has 0 atom stereocenters. The van der Waals surface area contributed by atoms with E-state index >= 15 is 0 Å². The fourth-order valence-corrected chi connectivity index (χ4v) is 4.74. The van der Waals surface area contributed by atoms with Gasteiger partial charge in [0.05, 0.1) is 0 Å². The van der Waals surface area contributed by atoms with Gasteiger partial charge in [0.15, 0.2) is 0 Å². The Morgan fingerprint density at radius 3 is 2.20 bits per heavy atom. The molecule has 0 aromatic rings. The summed E-state index contributed by atoms with van der Waals surface area (Å²) in [7, 11) is 0. The highest BCUT2D eigenvalue weighted by Crippen LogP contribution is 2.53. The maximum absolute atomic E-state index is 13.4. The van der Waals surface area contributed by atoms with Gasteiger partial charge < -0.3 is 10.6 Å². The number of carbonyl (C=O) groups excluding carboxylic acids is 1. The van der Waals surface area contributed by atoms with Crippen LogP contribution in [-0.4, -0.2) is 17.2 Å². The number of hydrogen-bond donors (Lipinski definition) is 1. The maximum Gasteiger partial charge on any atom is 0.397 e. The van der Waals surface area contributed by atoms with Gasteiger partial charge in [0.1, 0.15) is 12.0 Å². The van der Waals surface area contributed by atoms with Crippen LogP contribution >= 0.6 is 12.0 Å². The molecular formula is C12H16F2NO4S-. The van der Waals surface area contributed by atoms with Crippen molar-refractivity contribution in [2.45, 2.75) is 43.4 Å². The van der Waals surface area contributed by atoms with Gasteiger partial charge in [0, 0.05) is 6.04 Å². The van der Waals surface area contributed by atoms with Crippen LogP contribution in [0.1, 0.15) is 32.1 Å². The summed E-state index contributed by atoms with van der Waals surface area (Å²) < 4.78 is 30.4. The first kappa shape index (κ1) is 14.5. The molecule has 0 heterocycles. The summed E-state index contributed by atoms with van der Waals surface area (Å²) in [6.07, 6.45) is 5.36. The second-order valence-corrected chi connectivity index (χ2v) is 6.98. The fourth-order valence-electron chi connectivity index (χ4n) is 4.49. The zero-order valence-electron chi connectivity index (χ0n) is 10.7. The Hall–Kier alpha value is -0.440. The molecule has 1 amide bonds. The number of hydrogen-bond acceptors (Lipinski definition) is 5. The zero-order chi connectivity index (χ0) is 14.3. The minimum absolute atomic E-state index is 0.171. The van der Waals surface area contributed by atoms with Crippen molar-refractivity contribution in [1.82, 2.24) is 5.32 Å². The van der Waals surface area contributed by atoms with Crippen LogP contribution < -0.4 is 10.6 Å². The van der Waals surface area contributed by atoms with Crippen LogP contribution in [0.25, 0.3) is 0 Å². The first-order valence-corrected chi connectivity index (χ1v) is 7.57. The van der Waals surface area contributed by atoms with Crippen LogP contribution in [0.5, 0.6) is 0 Å². The van der Waals surface area contributed by atoms with Gasteiger partial charge in [0.2, 0.25) is 0 Å². The molecule has 0 saturated heterocycles. The van der Waals surface area contributed by atoms with E-state index in [1.54, 1.807) is 0 Å². The monoisotopic (exact) mass is 308 g/mol. The van der Waals surface area contributed by atoms with Gasteiger partial charge in [-0.05, 0) is 55.8 Å². The number of carbonyl (C=O) groups is 1. The molecule has 5 nitrogen and oxygen atoms in total. The van der Waals surface area contributed by atoms with E-state index in [0.29, 0.717) is 23.7 Å². The molecule has 8 heteroatoms. The van der Waals surface area contributed by atoms with Gasteiger partial charge in [0.25, 0.3) is 0 Å². The van der Waals surface area contributed by atoms with Crippen LogP contribution in [0.2, 0.25) is 0 Å². The minimum atomic E-state index is -3.82. The highest BCUT2D eigenvalue weighted by molar-refractivity contribution is 7.96. The van der Waals surface area contributed by atoms with Crippen molar-refractivity contribution in [3.05, 3.63) is 0 Å². The molecule has 0 aliphatic heterocycles. The number of alkyl halides is 2. The third-order valence-corrected chi connectivity index (χ3v) is 5.47. The van der Waals surface area contributed by atoms with Gasteiger partial charge in [-0.15, -0.1) is 0 Å². The molecule has 4 saturated carbocycles. The van der Waals surface area contributed by atoms with E-state index < -0.39 is 23.2 Å².